The average Bonchev–Trinajstić information content (AvgIpc) is 2.30. The predicted molar refractivity (Wildman–Crippen MR) is 71.6 cm³/mol. The molecule has 1 aliphatic rings. The maximum atomic E-state index is 12.3. The van der Waals surface area contributed by atoms with Gasteiger partial charge in [-0.05, 0) is 24.7 Å². The molecule has 2 N–H and O–H groups in total. The summed E-state index contributed by atoms with van der Waals surface area (Å²) in [5.74, 6) is 1.47. The molecule has 0 radical (unpaired) electrons. The number of carbonyl (C=O) groups is 1. The van der Waals surface area contributed by atoms with Crippen molar-refractivity contribution >= 4 is 5.91 Å². The first-order valence-electron chi connectivity index (χ1n) is 7.09. The Balaban J connectivity index is 2.45. The Hall–Kier alpha value is -0.570. The lowest BCUT2D eigenvalue weighted by Crippen LogP contribution is -2.45. The smallest absolute Gasteiger partial charge is 0.227 e. The summed E-state index contributed by atoms with van der Waals surface area (Å²) >= 11 is 0. The van der Waals surface area contributed by atoms with E-state index in [1.54, 1.807) is 0 Å². The minimum absolute atomic E-state index is 0.0118. The van der Waals surface area contributed by atoms with Crippen molar-refractivity contribution in [3.8, 4) is 0 Å². The van der Waals surface area contributed by atoms with Crippen molar-refractivity contribution in [3.05, 3.63) is 0 Å². The largest absolute Gasteiger partial charge is 0.342 e. The summed E-state index contributed by atoms with van der Waals surface area (Å²) in [6, 6.07) is 0. The second-order valence-electron chi connectivity index (χ2n) is 5.64. The summed E-state index contributed by atoms with van der Waals surface area (Å²) < 4.78 is 0. The van der Waals surface area contributed by atoms with Crippen LogP contribution in [0.2, 0.25) is 0 Å². The first-order chi connectivity index (χ1) is 8.10. The summed E-state index contributed by atoms with van der Waals surface area (Å²) in [5.41, 5.74) is 5.71. The van der Waals surface area contributed by atoms with Crippen molar-refractivity contribution in [2.75, 3.05) is 19.6 Å². The summed E-state index contributed by atoms with van der Waals surface area (Å²) in [6.07, 6.45) is 4.92. The third-order valence-corrected chi connectivity index (χ3v) is 4.00. The van der Waals surface area contributed by atoms with Gasteiger partial charge in [0.05, 0.1) is 5.92 Å². The molecule has 0 aromatic heterocycles. The Morgan fingerprint density at radius 1 is 1.35 bits per heavy atom. The van der Waals surface area contributed by atoms with Gasteiger partial charge in [-0.3, -0.25) is 4.79 Å². The minimum atomic E-state index is 0.0118. The lowest BCUT2D eigenvalue weighted by molar-refractivity contribution is -0.138. The van der Waals surface area contributed by atoms with Gasteiger partial charge in [-0.25, -0.2) is 0 Å². The third kappa shape index (κ3) is 3.98. The monoisotopic (exact) mass is 240 g/mol. The van der Waals surface area contributed by atoms with E-state index in [0.717, 1.165) is 19.0 Å². The van der Waals surface area contributed by atoms with Gasteiger partial charge in [-0.1, -0.05) is 33.6 Å². The van der Waals surface area contributed by atoms with Gasteiger partial charge in [-0.15, -0.1) is 0 Å². The van der Waals surface area contributed by atoms with Crippen LogP contribution in [0.25, 0.3) is 0 Å². The molecule has 0 spiro atoms. The van der Waals surface area contributed by atoms with E-state index < -0.39 is 0 Å². The molecule has 3 heteroatoms. The Kier molecular flexibility index (Phi) is 5.96. The fourth-order valence-corrected chi connectivity index (χ4v) is 2.74. The van der Waals surface area contributed by atoms with Crippen molar-refractivity contribution in [2.24, 2.45) is 23.5 Å². The summed E-state index contributed by atoms with van der Waals surface area (Å²) in [7, 11) is 0. The van der Waals surface area contributed by atoms with Crippen LogP contribution in [0, 0.1) is 17.8 Å². The predicted octanol–water partition coefficient (Wildman–Crippen LogP) is 2.26. The summed E-state index contributed by atoms with van der Waals surface area (Å²) in [6.45, 7) is 8.75. The van der Waals surface area contributed by atoms with Crippen molar-refractivity contribution in [3.63, 3.8) is 0 Å². The number of amides is 1. The molecule has 1 atom stereocenters. The molecule has 1 amide bonds. The number of nitrogens with two attached hydrogens (primary N) is 1. The van der Waals surface area contributed by atoms with Crippen LogP contribution >= 0.6 is 0 Å². The topological polar surface area (TPSA) is 46.3 Å². The van der Waals surface area contributed by atoms with Crippen LogP contribution in [-0.4, -0.2) is 30.4 Å². The minimum Gasteiger partial charge on any atom is -0.342 e. The maximum Gasteiger partial charge on any atom is 0.227 e. The molecule has 0 aliphatic carbocycles. The zero-order chi connectivity index (χ0) is 12.8. The van der Waals surface area contributed by atoms with E-state index in [2.05, 4.69) is 20.8 Å². The first kappa shape index (κ1) is 14.5. The SMILES string of the molecule is CCCC1CCN(C(=O)C(CN)C(C)C)CC1. The third-order valence-electron chi connectivity index (χ3n) is 4.00. The number of rotatable bonds is 5. The normalized spacial score (nSPS) is 19.7. The molecule has 3 nitrogen and oxygen atoms in total. The lowest BCUT2D eigenvalue weighted by atomic mass is 9.90. The van der Waals surface area contributed by atoms with Gasteiger partial charge >= 0.3 is 0 Å². The van der Waals surface area contributed by atoms with E-state index in [1.165, 1.54) is 25.7 Å². The van der Waals surface area contributed by atoms with Gasteiger partial charge in [0.25, 0.3) is 0 Å². The van der Waals surface area contributed by atoms with Crippen molar-refractivity contribution < 1.29 is 4.79 Å². The standard InChI is InChI=1S/C14H28N2O/c1-4-5-12-6-8-16(9-7-12)14(17)13(10-15)11(2)3/h11-13H,4-10,15H2,1-3H3. The van der Waals surface area contributed by atoms with Crippen molar-refractivity contribution in [1.82, 2.24) is 4.90 Å². The van der Waals surface area contributed by atoms with Gasteiger partial charge in [0.2, 0.25) is 5.91 Å². The van der Waals surface area contributed by atoms with Crippen LogP contribution in [-0.2, 0) is 4.79 Å². The molecule has 1 heterocycles. The highest BCUT2D eigenvalue weighted by molar-refractivity contribution is 5.79. The molecular weight excluding hydrogens is 212 g/mol. The fourth-order valence-electron chi connectivity index (χ4n) is 2.74. The Morgan fingerprint density at radius 2 is 1.94 bits per heavy atom. The molecule has 1 saturated heterocycles. The van der Waals surface area contributed by atoms with Crippen LogP contribution in [0.3, 0.4) is 0 Å². The highest BCUT2D eigenvalue weighted by atomic mass is 16.2. The highest BCUT2D eigenvalue weighted by Crippen LogP contribution is 2.23. The van der Waals surface area contributed by atoms with Crippen LogP contribution in [0.1, 0.15) is 46.5 Å². The van der Waals surface area contributed by atoms with E-state index in [9.17, 15) is 4.79 Å². The molecule has 1 rings (SSSR count). The van der Waals surface area contributed by atoms with Gasteiger partial charge < -0.3 is 10.6 Å². The molecule has 1 aliphatic heterocycles. The lowest BCUT2D eigenvalue weighted by Gasteiger charge is -2.35. The first-order valence-corrected chi connectivity index (χ1v) is 7.09. The molecule has 0 saturated carbocycles. The van der Waals surface area contributed by atoms with E-state index in [-0.39, 0.29) is 11.8 Å². The van der Waals surface area contributed by atoms with E-state index in [1.807, 2.05) is 4.90 Å². The van der Waals surface area contributed by atoms with Crippen LogP contribution in [0.15, 0.2) is 0 Å². The van der Waals surface area contributed by atoms with Crippen LogP contribution in [0.5, 0.6) is 0 Å². The van der Waals surface area contributed by atoms with Crippen molar-refractivity contribution in [2.45, 2.75) is 46.5 Å². The second kappa shape index (κ2) is 7.00. The van der Waals surface area contributed by atoms with Gasteiger partial charge in [0.1, 0.15) is 0 Å². The Labute approximate surface area is 106 Å². The van der Waals surface area contributed by atoms with Crippen LogP contribution < -0.4 is 5.73 Å². The maximum absolute atomic E-state index is 12.3. The number of carbonyl (C=O) groups excluding carboxylic acids is 1. The molecule has 1 fully saturated rings. The van der Waals surface area contributed by atoms with E-state index in [4.69, 9.17) is 5.73 Å². The number of likely N-dealkylation sites (tertiary alicyclic amines) is 1. The summed E-state index contributed by atoms with van der Waals surface area (Å²) in [5, 5.41) is 0. The molecular formula is C14H28N2O. The van der Waals surface area contributed by atoms with E-state index >= 15 is 0 Å². The molecule has 0 aromatic rings. The van der Waals surface area contributed by atoms with Gasteiger partial charge in [0.15, 0.2) is 0 Å². The van der Waals surface area contributed by atoms with Crippen molar-refractivity contribution in [1.29, 1.82) is 0 Å². The molecule has 17 heavy (non-hydrogen) atoms. The zero-order valence-electron chi connectivity index (χ0n) is 11.6. The quantitative estimate of drug-likeness (QED) is 0.801. The number of piperidine rings is 1. The average molecular weight is 240 g/mol. The summed E-state index contributed by atoms with van der Waals surface area (Å²) in [4.78, 5) is 14.3. The van der Waals surface area contributed by atoms with Crippen LogP contribution in [0.4, 0.5) is 0 Å². The zero-order valence-corrected chi connectivity index (χ0v) is 11.6. The molecule has 0 bridgehead atoms. The number of hydrogen-bond donors (Lipinski definition) is 1. The molecule has 0 aromatic carbocycles. The Bertz CT molecular complexity index is 232. The second-order valence-corrected chi connectivity index (χ2v) is 5.64. The number of hydrogen-bond acceptors (Lipinski definition) is 2. The van der Waals surface area contributed by atoms with Gasteiger partial charge in [-0.2, -0.15) is 0 Å². The fraction of sp³-hybridized carbons (Fsp3) is 0.929. The Morgan fingerprint density at radius 3 is 2.35 bits per heavy atom. The van der Waals surface area contributed by atoms with E-state index in [0.29, 0.717) is 12.5 Å². The number of nitrogens with zero attached hydrogens (tertiary/aromatic N) is 1. The van der Waals surface area contributed by atoms with Gasteiger partial charge in [0, 0.05) is 19.6 Å². The molecule has 1 unspecified atom stereocenters. The molecule has 100 valence electrons. The highest BCUT2D eigenvalue weighted by Gasteiger charge is 2.28.